The molecule has 0 N–H and O–H groups in total. The molecule has 0 aliphatic carbocycles. The number of hydrogen-bond donors (Lipinski definition) is 0. The Labute approximate surface area is 161 Å². The molecule has 0 aromatic heterocycles. The summed E-state index contributed by atoms with van der Waals surface area (Å²) in [5.41, 5.74) is 2.37. The predicted octanol–water partition coefficient (Wildman–Crippen LogP) is 4.05. The first-order valence-corrected chi connectivity index (χ1v) is 9.73. The minimum atomic E-state index is -0.749. The van der Waals surface area contributed by atoms with Crippen molar-refractivity contribution in [3.63, 3.8) is 0 Å². The third-order valence-electron chi connectivity index (χ3n) is 5.30. The molecule has 0 saturated carbocycles. The summed E-state index contributed by atoms with van der Waals surface area (Å²) in [6.45, 7) is 5.42. The van der Waals surface area contributed by atoms with Gasteiger partial charge in [0.1, 0.15) is 18.1 Å². The van der Waals surface area contributed by atoms with E-state index >= 15 is 0 Å². The van der Waals surface area contributed by atoms with E-state index in [0.29, 0.717) is 13.2 Å². The highest BCUT2D eigenvalue weighted by Crippen LogP contribution is 2.39. The smallest absolute Gasteiger partial charge is 0.189 e. The summed E-state index contributed by atoms with van der Waals surface area (Å²) in [5.74, 6) is 0.321. The zero-order valence-corrected chi connectivity index (χ0v) is 16.5. The van der Waals surface area contributed by atoms with Gasteiger partial charge in [-0.1, -0.05) is 24.6 Å². The van der Waals surface area contributed by atoms with Crippen molar-refractivity contribution in [3.05, 3.63) is 41.5 Å². The van der Waals surface area contributed by atoms with Gasteiger partial charge in [0.2, 0.25) is 0 Å². The molecule has 0 radical (unpaired) electrons. The summed E-state index contributed by atoms with van der Waals surface area (Å²) in [7, 11) is 1.66. The van der Waals surface area contributed by atoms with E-state index < -0.39 is 5.79 Å². The Morgan fingerprint density at radius 1 is 1.30 bits per heavy atom. The molecule has 3 rings (SSSR count). The minimum absolute atomic E-state index is 0.0243. The molecule has 4 atom stereocenters. The van der Waals surface area contributed by atoms with E-state index in [1.54, 1.807) is 7.11 Å². The molecule has 2 aliphatic rings. The molecule has 0 amide bonds. The van der Waals surface area contributed by atoms with Crippen LogP contribution in [0.2, 0.25) is 0 Å². The fraction of sp³-hybridized carbons (Fsp3) is 0.591. The van der Waals surface area contributed by atoms with E-state index in [1.807, 2.05) is 24.3 Å². The molecule has 1 aromatic rings. The molecule has 2 heterocycles. The van der Waals surface area contributed by atoms with Crippen molar-refractivity contribution in [3.8, 4) is 5.75 Å². The van der Waals surface area contributed by atoms with Crippen LogP contribution in [0.5, 0.6) is 5.75 Å². The van der Waals surface area contributed by atoms with Gasteiger partial charge >= 0.3 is 0 Å². The van der Waals surface area contributed by atoms with E-state index in [9.17, 15) is 4.79 Å². The lowest BCUT2D eigenvalue weighted by Gasteiger charge is -2.44. The molecule has 0 bridgehead atoms. The van der Waals surface area contributed by atoms with Crippen LogP contribution in [0.1, 0.15) is 45.1 Å². The van der Waals surface area contributed by atoms with Gasteiger partial charge in [-0.05, 0) is 50.0 Å². The lowest BCUT2D eigenvalue weighted by molar-refractivity contribution is -0.275. The molecular weight excluding hydrogens is 344 g/mol. The number of methoxy groups -OCH3 is 1. The Hall–Kier alpha value is -1.69. The van der Waals surface area contributed by atoms with Crippen molar-refractivity contribution < 1.29 is 23.7 Å². The van der Waals surface area contributed by atoms with E-state index in [2.05, 4.69) is 19.9 Å². The highest BCUT2D eigenvalue weighted by Gasteiger charge is 2.42. The summed E-state index contributed by atoms with van der Waals surface area (Å²) in [4.78, 5) is 11.2. The summed E-state index contributed by atoms with van der Waals surface area (Å²) >= 11 is 0. The quantitative estimate of drug-likeness (QED) is 0.532. The van der Waals surface area contributed by atoms with Crippen molar-refractivity contribution in [2.75, 3.05) is 13.7 Å². The number of ether oxygens (including phenoxy) is 4. The summed E-state index contributed by atoms with van der Waals surface area (Å²) in [5, 5.41) is 0. The van der Waals surface area contributed by atoms with Crippen LogP contribution in [0.4, 0.5) is 0 Å². The Morgan fingerprint density at radius 3 is 2.78 bits per heavy atom. The van der Waals surface area contributed by atoms with Crippen LogP contribution in [0, 0.1) is 5.92 Å². The molecule has 1 fully saturated rings. The van der Waals surface area contributed by atoms with Crippen molar-refractivity contribution >= 4 is 6.29 Å². The molecule has 148 valence electrons. The average molecular weight is 374 g/mol. The fourth-order valence-corrected chi connectivity index (χ4v) is 3.81. The standard InChI is InChI=1S/C22H30O5/c1-16-11-21(27-22(12-16)10-4-5-20(13-23)26-22)17(2)14-25-15-18-6-8-19(24-3)9-7-18/h6-9,12-13,17,20-21H,4-5,10-11,14-15H2,1-3H3/t17-,20+,21+,22+/m1/s1. The Morgan fingerprint density at radius 2 is 2.07 bits per heavy atom. The topological polar surface area (TPSA) is 54.0 Å². The van der Waals surface area contributed by atoms with Gasteiger partial charge in [0.25, 0.3) is 0 Å². The highest BCUT2D eigenvalue weighted by atomic mass is 16.7. The van der Waals surface area contributed by atoms with Gasteiger partial charge in [-0.25, -0.2) is 0 Å². The Kier molecular flexibility index (Phi) is 6.68. The lowest BCUT2D eigenvalue weighted by atomic mass is 9.90. The molecule has 0 unspecified atom stereocenters. The van der Waals surface area contributed by atoms with Crippen LogP contribution in [-0.4, -0.2) is 38.0 Å². The maximum atomic E-state index is 11.2. The number of rotatable bonds is 7. The molecule has 5 nitrogen and oxygen atoms in total. The molecule has 27 heavy (non-hydrogen) atoms. The van der Waals surface area contributed by atoms with Gasteiger partial charge in [-0.15, -0.1) is 0 Å². The van der Waals surface area contributed by atoms with Gasteiger partial charge in [0.15, 0.2) is 5.79 Å². The predicted molar refractivity (Wildman–Crippen MR) is 103 cm³/mol. The third kappa shape index (κ3) is 5.18. The van der Waals surface area contributed by atoms with Crippen LogP contribution >= 0.6 is 0 Å². The first kappa shape index (κ1) is 20.1. The van der Waals surface area contributed by atoms with Gasteiger partial charge in [-0.3, -0.25) is 0 Å². The van der Waals surface area contributed by atoms with Crippen molar-refractivity contribution in [1.82, 2.24) is 0 Å². The fourth-order valence-electron chi connectivity index (χ4n) is 3.81. The first-order chi connectivity index (χ1) is 13.0. The maximum absolute atomic E-state index is 11.2. The highest BCUT2D eigenvalue weighted by molar-refractivity contribution is 5.56. The molecule has 1 saturated heterocycles. The van der Waals surface area contributed by atoms with Crippen LogP contribution < -0.4 is 4.74 Å². The average Bonchev–Trinajstić information content (AvgIpc) is 2.67. The summed E-state index contributed by atoms with van der Waals surface area (Å²) in [6, 6.07) is 7.90. The second-order valence-corrected chi connectivity index (χ2v) is 7.69. The maximum Gasteiger partial charge on any atom is 0.189 e. The second kappa shape index (κ2) is 9.00. The number of hydrogen-bond acceptors (Lipinski definition) is 5. The normalized spacial score (nSPS) is 29.2. The summed E-state index contributed by atoms with van der Waals surface area (Å²) in [6.07, 6.45) is 5.96. The Bertz CT molecular complexity index is 653. The molecule has 1 spiro atoms. The van der Waals surface area contributed by atoms with Crippen molar-refractivity contribution in [2.45, 2.75) is 64.1 Å². The van der Waals surface area contributed by atoms with Gasteiger partial charge in [0, 0.05) is 12.3 Å². The molecular formula is C22H30O5. The third-order valence-corrected chi connectivity index (χ3v) is 5.30. The largest absolute Gasteiger partial charge is 0.497 e. The van der Waals surface area contributed by atoms with E-state index in [1.165, 1.54) is 5.57 Å². The van der Waals surface area contributed by atoms with Crippen LogP contribution in [-0.2, 0) is 25.6 Å². The number of carbonyl (C=O) groups is 1. The minimum Gasteiger partial charge on any atom is -0.497 e. The Balaban J connectivity index is 1.54. The lowest BCUT2D eigenvalue weighted by Crippen LogP contribution is -2.48. The second-order valence-electron chi connectivity index (χ2n) is 7.69. The molecule has 5 heteroatoms. The molecule has 2 aliphatic heterocycles. The zero-order chi connectivity index (χ0) is 19.3. The number of carbonyl (C=O) groups excluding carboxylic acids is 1. The van der Waals surface area contributed by atoms with Crippen LogP contribution in [0.15, 0.2) is 35.9 Å². The zero-order valence-electron chi connectivity index (χ0n) is 16.5. The van der Waals surface area contributed by atoms with Gasteiger partial charge in [0.05, 0.1) is 26.4 Å². The van der Waals surface area contributed by atoms with Crippen molar-refractivity contribution in [2.24, 2.45) is 5.92 Å². The van der Waals surface area contributed by atoms with E-state index in [0.717, 1.165) is 43.3 Å². The van der Waals surface area contributed by atoms with E-state index in [-0.39, 0.29) is 18.1 Å². The number of benzene rings is 1. The van der Waals surface area contributed by atoms with Crippen LogP contribution in [0.25, 0.3) is 0 Å². The van der Waals surface area contributed by atoms with E-state index in [4.69, 9.17) is 18.9 Å². The summed E-state index contributed by atoms with van der Waals surface area (Å²) < 4.78 is 23.4. The SMILES string of the molecule is COc1ccc(COC[C@@H](C)[C@@H]2CC(C)=C[C@]3(CCC[C@@H](C=O)O3)O2)cc1. The van der Waals surface area contributed by atoms with Gasteiger partial charge in [-0.2, -0.15) is 0 Å². The molecule has 1 aromatic carbocycles. The monoisotopic (exact) mass is 374 g/mol. The van der Waals surface area contributed by atoms with Crippen LogP contribution in [0.3, 0.4) is 0 Å². The van der Waals surface area contributed by atoms with Crippen molar-refractivity contribution in [1.29, 1.82) is 0 Å². The first-order valence-electron chi connectivity index (χ1n) is 9.73. The van der Waals surface area contributed by atoms with Gasteiger partial charge < -0.3 is 23.7 Å². The number of aldehydes is 1.